The summed E-state index contributed by atoms with van der Waals surface area (Å²) in [6.07, 6.45) is 2.17. The van der Waals surface area contributed by atoms with E-state index in [9.17, 15) is 14.0 Å². The van der Waals surface area contributed by atoms with Gasteiger partial charge in [0, 0.05) is 24.2 Å². The van der Waals surface area contributed by atoms with Crippen molar-refractivity contribution in [2.24, 2.45) is 0 Å². The average Bonchev–Trinajstić information content (AvgIpc) is 2.58. The lowest BCUT2D eigenvalue weighted by Gasteiger charge is -2.08. The van der Waals surface area contributed by atoms with Crippen molar-refractivity contribution in [3.63, 3.8) is 0 Å². The zero-order chi connectivity index (χ0) is 18.9. The molecule has 1 aromatic heterocycles. The van der Waals surface area contributed by atoms with Crippen molar-refractivity contribution in [3.8, 4) is 5.75 Å². The van der Waals surface area contributed by atoms with Gasteiger partial charge in [-0.25, -0.2) is 9.37 Å². The average molecular weight is 361 g/mol. The molecule has 0 aliphatic heterocycles. The summed E-state index contributed by atoms with van der Waals surface area (Å²) >= 11 is 0. The molecule has 0 unspecified atom stereocenters. The van der Waals surface area contributed by atoms with Gasteiger partial charge < -0.3 is 15.0 Å². The van der Waals surface area contributed by atoms with E-state index in [0.717, 1.165) is 12.8 Å². The highest BCUT2D eigenvalue weighted by Gasteiger charge is 2.09. The molecule has 0 radical (unpaired) electrons. The molecular formula is C19H24FN3O3. The van der Waals surface area contributed by atoms with Crippen molar-refractivity contribution < 1.29 is 13.9 Å². The first-order valence-corrected chi connectivity index (χ1v) is 8.67. The summed E-state index contributed by atoms with van der Waals surface area (Å²) in [4.78, 5) is 30.6. The van der Waals surface area contributed by atoms with Crippen LogP contribution in [0.5, 0.6) is 5.75 Å². The highest BCUT2D eigenvalue weighted by atomic mass is 19.1. The van der Waals surface area contributed by atoms with Crippen molar-refractivity contribution in [2.75, 3.05) is 13.2 Å². The van der Waals surface area contributed by atoms with Crippen LogP contribution >= 0.6 is 0 Å². The predicted molar refractivity (Wildman–Crippen MR) is 96.8 cm³/mol. The van der Waals surface area contributed by atoms with Gasteiger partial charge in [0.25, 0.3) is 5.56 Å². The van der Waals surface area contributed by atoms with E-state index in [1.807, 2.05) is 0 Å². The number of carbonyl (C=O) groups is 1. The van der Waals surface area contributed by atoms with E-state index in [-0.39, 0.29) is 23.7 Å². The molecule has 1 heterocycles. The SMILES string of the molecule is Cc1nc(C)c(CCC(=O)NCCCCOc2ccc(F)cc2)c(=O)[nH]1. The normalized spacial score (nSPS) is 10.6. The first kappa shape index (κ1) is 19.6. The number of rotatable bonds is 9. The molecule has 2 rings (SSSR count). The largest absolute Gasteiger partial charge is 0.494 e. The number of nitrogens with zero attached hydrogens (tertiary/aromatic N) is 1. The summed E-state index contributed by atoms with van der Waals surface area (Å²) < 4.78 is 18.3. The van der Waals surface area contributed by atoms with E-state index in [1.54, 1.807) is 26.0 Å². The Labute approximate surface area is 151 Å². The fourth-order valence-corrected chi connectivity index (χ4v) is 2.55. The quantitative estimate of drug-likeness (QED) is 0.672. The maximum absolute atomic E-state index is 12.8. The topological polar surface area (TPSA) is 84.1 Å². The molecule has 0 spiro atoms. The fraction of sp³-hybridized carbons (Fsp3) is 0.421. The van der Waals surface area contributed by atoms with Crippen molar-refractivity contribution >= 4 is 5.91 Å². The first-order chi connectivity index (χ1) is 12.5. The number of aromatic nitrogens is 2. The third kappa shape index (κ3) is 6.31. The van der Waals surface area contributed by atoms with E-state index in [0.29, 0.717) is 42.4 Å². The van der Waals surface area contributed by atoms with Crippen LogP contribution in [-0.4, -0.2) is 29.0 Å². The van der Waals surface area contributed by atoms with Crippen LogP contribution in [0.1, 0.15) is 36.3 Å². The van der Waals surface area contributed by atoms with Gasteiger partial charge in [0.15, 0.2) is 0 Å². The zero-order valence-corrected chi connectivity index (χ0v) is 15.1. The van der Waals surface area contributed by atoms with E-state index in [1.165, 1.54) is 12.1 Å². The van der Waals surface area contributed by atoms with Gasteiger partial charge in [0.05, 0.1) is 6.61 Å². The van der Waals surface area contributed by atoms with Crippen molar-refractivity contribution in [1.82, 2.24) is 15.3 Å². The lowest BCUT2D eigenvalue weighted by Crippen LogP contribution is -2.26. The standard InChI is InChI=1S/C19H24FN3O3/c1-13-17(19(25)23-14(2)22-13)9-10-18(24)21-11-3-4-12-26-16-7-5-15(20)6-8-16/h5-8H,3-4,9-12H2,1-2H3,(H,21,24)(H,22,23,25). The number of hydrogen-bond acceptors (Lipinski definition) is 4. The molecule has 0 bridgehead atoms. The molecule has 140 valence electrons. The second-order valence-electron chi connectivity index (χ2n) is 6.07. The van der Waals surface area contributed by atoms with Crippen LogP contribution in [0.15, 0.2) is 29.1 Å². The van der Waals surface area contributed by atoms with E-state index >= 15 is 0 Å². The van der Waals surface area contributed by atoms with E-state index in [4.69, 9.17) is 4.74 Å². The van der Waals surface area contributed by atoms with Gasteiger partial charge in [-0.3, -0.25) is 9.59 Å². The molecule has 2 N–H and O–H groups in total. The molecule has 0 atom stereocenters. The van der Waals surface area contributed by atoms with Crippen LogP contribution in [-0.2, 0) is 11.2 Å². The molecule has 0 fully saturated rings. The summed E-state index contributed by atoms with van der Waals surface area (Å²) in [5.74, 6) is 0.814. The van der Waals surface area contributed by atoms with Crippen LogP contribution in [0.2, 0.25) is 0 Å². The number of ether oxygens (including phenoxy) is 1. The van der Waals surface area contributed by atoms with Crippen molar-refractivity contribution in [1.29, 1.82) is 0 Å². The van der Waals surface area contributed by atoms with E-state index in [2.05, 4.69) is 15.3 Å². The number of amides is 1. The minimum Gasteiger partial charge on any atom is -0.494 e. The maximum atomic E-state index is 12.8. The number of hydrogen-bond donors (Lipinski definition) is 2. The van der Waals surface area contributed by atoms with Crippen LogP contribution in [0.3, 0.4) is 0 Å². The number of halogens is 1. The molecule has 6 nitrogen and oxygen atoms in total. The molecule has 2 aromatic rings. The number of carbonyl (C=O) groups excluding carboxylic acids is 1. The summed E-state index contributed by atoms with van der Waals surface area (Å²) in [6.45, 7) is 4.56. The Morgan fingerprint density at radius 1 is 1.23 bits per heavy atom. The van der Waals surface area contributed by atoms with Gasteiger partial charge in [-0.2, -0.15) is 0 Å². The summed E-state index contributed by atoms with van der Waals surface area (Å²) in [7, 11) is 0. The summed E-state index contributed by atoms with van der Waals surface area (Å²) in [5, 5.41) is 2.83. The van der Waals surface area contributed by atoms with Gasteiger partial charge in [-0.1, -0.05) is 0 Å². The molecular weight excluding hydrogens is 337 g/mol. The highest BCUT2D eigenvalue weighted by Crippen LogP contribution is 2.11. The molecule has 1 aromatic carbocycles. The van der Waals surface area contributed by atoms with Gasteiger partial charge >= 0.3 is 0 Å². The third-order valence-electron chi connectivity index (χ3n) is 3.92. The molecule has 0 saturated carbocycles. The highest BCUT2D eigenvalue weighted by molar-refractivity contribution is 5.76. The Morgan fingerprint density at radius 3 is 2.65 bits per heavy atom. The zero-order valence-electron chi connectivity index (χ0n) is 15.1. The van der Waals surface area contributed by atoms with Gasteiger partial charge in [0.1, 0.15) is 17.4 Å². The number of unbranched alkanes of at least 4 members (excludes halogenated alkanes) is 1. The second-order valence-corrected chi connectivity index (χ2v) is 6.07. The number of aromatic amines is 1. The van der Waals surface area contributed by atoms with Gasteiger partial charge in [-0.15, -0.1) is 0 Å². The minimum atomic E-state index is -0.293. The molecule has 1 amide bonds. The predicted octanol–water partition coefficient (Wildman–Crippen LogP) is 2.43. The van der Waals surface area contributed by atoms with Crippen LogP contribution in [0, 0.1) is 19.7 Å². The number of H-pyrrole nitrogens is 1. The fourth-order valence-electron chi connectivity index (χ4n) is 2.55. The number of nitrogens with one attached hydrogen (secondary N) is 2. The Bertz CT molecular complexity index is 788. The molecule has 0 saturated heterocycles. The third-order valence-corrected chi connectivity index (χ3v) is 3.92. The van der Waals surface area contributed by atoms with Crippen LogP contribution in [0.25, 0.3) is 0 Å². The Hall–Kier alpha value is -2.70. The smallest absolute Gasteiger partial charge is 0.254 e. The van der Waals surface area contributed by atoms with Gasteiger partial charge in [0.2, 0.25) is 5.91 Å². The summed E-state index contributed by atoms with van der Waals surface area (Å²) in [6, 6.07) is 5.87. The van der Waals surface area contributed by atoms with Crippen LogP contribution < -0.4 is 15.6 Å². The lowest BCUT2D eigenvalue weighted by atomic mass is 10.1. The van der Waals surface area contributed by atoms with E-state index < -0.39 is 0 Å². The van der Waals surface area contributed by atoms with Crippen molar-refractivity contribution in [3.05, 3.63) is 57.5 Å². The Balaban J connectivity index is 1.60. The molecule has 0 aliphatic rings. The first-order valence-electron chi connectivity index (χ1n) is 8.67. The monoisotopic (exact) mass is 361 g/mol. The Kier molecular flexibility index (Phi) is 7.32. The lowest BCUT2D eigenvalue weighted by molar-refractivity contribution is -0.121. The van der Waals surface area contributed by atoms with Crippen LogP contribution in [0.4, 0.5) is 4.39 Å². The summed E-state index contributed by atoms with van der Waals surface area (Å²) in [5.41, 5.74) is 1.04. The number of benzene rings is 1. The maximum Gasteiger partial charge on any atom is 0.254 e. The molecule has 7 heteroatoms. The minimum absolute atomic E-state index is 0.0937. The number of aryl methyl sites for hydroxylation is 2. The molecule has 0 aliphatic carbocycles. The van der Waals surface area contributed by atoms with Gasteiger partial charge in [-0.05, 0) is 57.4 Å². The van der Waals surface area contributed by atoms with Crippen molar-refractivity contribution in [2.45, 2.75) is 39.5 Å². The molecule has 26 heavy (non-hydrogen) atoms. The Morgan fingerprint density at radius 2 is 1.96 bits per heavy atom. The second kappa shape index (κ2) is 9.70.